The molecule has 8 heteroatoms. The first-order chi connectivity index (χ1) is 12.2. The summed E-state index contributed by atoms with van der Waals surface area (Å²) in [5, 5.41) is 4.19. The van der Waals surface area contributed by atoms with E-state index in [1.807, 2.05) is 11.8 Å². The standard InChI is InChI=1S/C17H20N6O2/c1-2-21-11-12(10-19-21)16(25)22-7-4-3-5-14(22)13-9-15(24)23-8-6-18-17(23)20-13/h6,8-11,14H,2-5,7H2,1H3,(H,18,20)/t14-/m1/s1. The molecule has 0 aliphatic carbocycles. The Hall–Kier alpha value is -2.90. The van der Waals surface area contributed by atoms with Gasteiger partial charge in [-0.15, -0.1) is 0 Å². The molecule has 4 rings (SSSR count). The summed E-state index contributed by atoms with van der Waals surface area (Å²) in [6.45, 7) is 3.37. The van der Waals surface area contributed by atoms with E-state index in [2.05, 4.69) is 15.1 Å². The molecule has 0 saturated carbocycles. The molecule has 3 aromatic rings. The van der Waals surface area contributed by atoms with Gasteiger partial charge in [0, 0.05) is 43.4 Å². The van der Waals surface area contributed by atoms with Crippen LogP contribution in [0.1, 0.15) is 48.3 Å². The number of amides is 1. The molecule has 0 unspecified atom stereocenters. The predicted molar refractivity (Wildman–Crippen MR) is 91.3 cm³/mol. The number of nitrogens with zero attached hydrogens (tertiary/aromatic N) is 5. The molecule has 25 heavy (non-hydrogen) atoms. The second-order valence-corrected chi connectivity index (χ2v) is 6.28. The van der Waals surface area contributed by atoms with E-state index in [1.165, 1.54) is 4.40 Å². The number of aromatic amines is 1. The number of hydrogen-bond donors (Lipinski definition) is 1. The number of nitrogens with one attached hydrogen (secondary N) is 1. The normalized spacial score (nSPS) is 18.0. The van der Waals surface area contributed by atoms with Gasteiger partial charge in [0.05, 0.1) is 17.8 Å². The van der Waals surface area contributed by atoms with E-state index in [9.17, 15) is 9.59 Å². The second-order valence-electron chi connectivity index (χ2n) is 6.28. The smallest absolute Gasteiger partial charge is 0.259 e. The maximum atomic E-state index is 13.0. The second kappa shape index (κ2) is 6.19. The monoisotopic (exact) mass is 340 g/mol. The predicted octanol–water partition coefficient (Wildman–Crippen LogP) is 1.61. The van der Waals surface area contributed by atoms with Crippen molar-refractivity contribution < 1.29 is 4.79 Å². The first-order valence-corrected chi connectivity index (χ1v) is 8.57. The highest BCUT2D eigenvalue weighted by molar-refractivity contribution is 5.94. The number of hydrogen-bond acceptors (Lipinski definition) is 4. The molecule has 1 atom stereocenters. The average molecular weight is 340 g/mol. The van der Waals surface area contributed by atoms with E-state index in [0.29, 0.717) is 17.9 Å². The first-order valence-electron chi connectivity index (χ1n) is 8.57. The lowest BCUT2D eigenvalue weighted by atomic mass is 9.98. The third-order valence-electron chi connectivity index (χ3n) is 4.74. The zero-order valence-corrected chi connectivity index (χ0v) is 14.1. The largest absolute Gasteiger partial charge is 0.330 e. The van der Waals surface area contributed by atoms with E-state index < -0.39 is 0 Å². The van der Waals surface area contributed by atoms with Crippen LogP contribution in [0.3, 0.4) is 0 Å². The van der Waals surface area contributed by atoms with Crippen LogP contribution in [-0.2, 0) is 6.54 Å². The lowest BCUT2D eigenvalue weighted by molar-refractivity contribution is 0.0606. The van der Waals surface area contributed by atoms with Crippen LogP contribution in [0.2, 0.25) is 0 Å². The maximum absolute atomic E-state index is 13.0. The van der Waals surface area contributed by atoms with Gasteiger partial charge in [0.15, 0.2) is 0 Å². The molecular weight excluding hydrogens is 320 g/mol. The van der Waals surface area contributed by atoms with Crippen molar-refractivity contribution in [2.75, 3.05) is 6.54 Å². The molecule has 4 heterocycles. The molecule has 0 bridgehead atoms. The Morgan fingerprint density at radius 2 is 2.28 bits per heavy atom. The fraction of sp³-hybridized carbons (Fsp3) is 0.412. The fourth-order valence-electron chi connectivity index (χ4n) is 3.43. The Balaban J connectivity index is 1.70. The molecule has 0 radical (unpaired) electrons. The van der Waals surface area contributed by atoms with E-state index in [0.717, 1.165) is 31.5 Å². The molecule has 1 N–H and O–H groups in total. The number of aryl methyl sites for hydroxylation is 1. The summed E-state index contributed by atoms with van der Waals surface area (Å²) in [7, 11) is 0. The number of likely N-dealkylation sites (tertiary alicyclic amines) is 1. The zero-order valence-electron chi connectivity index (χ0n) is 14.1. The number of aromatic nitrogens is 5. The maximum Gasteiger partial charge on any atom is 0.259 e. The third kappa shape index (κ3) is 2.73. The summed E-state index contributed by atoms with van der Waals surface area (Å²) in [6.07, 6.45) is 9.39. The lowest BCUT2D eigenvalue weighted by Gasteiger charge is -2.35. The molecule has 1 fully saturated rings. The molecule has 3 aromatic heterocycles. The minimum absolute atomic E-state index is 0.0477. The van der Waals surface area contributed by atoms with Gasteiger partial charge in [-0.05, 0) is 26.2 Å². The fourth-order valence-corrected chi connectivity index (χ4v) is 3.43. The number of carbonyl (C=O) groups is 1. The quantitative estimate of drug-likeness (QED) is 0.784. The van der Waals surface area contributed by atoms with Crippen LogP contribution in [0.4, 0.5) is 0 Å². The highest BCUT2D eigenvalue weighted by Gasteiger charge is 2.30. The Bertz CT molecular complexity index is 969. The lowest BCUT2D eigenvalue weighted by Crippen LogP contribution is -2.39. The summed E-state index contributed by atoms with van der Waals surface area (Å²) in [6, 6.07) is 1.42. The zero-order chi connectivity index (χ0) is 17.4. The van der Waals surface area contributed by atoms with Crippen LogP contribution >= 0.6 is 0 Å². The van der Waals surface area contributed by atoms with Crippen molar-refractivity contribution in [1.29, 1.82) is 0 Å². The van der Waals surface area contributed by atoms with Crippen molar-refractivity contribution in [1.82, 2.24) is 29.0 Å². The summed E-state index contributed by atoms with van der Waals surface area (Å²) >= 11 is 0. The Kier molecular flexibility index (Phi) is 3.87. The molecule has 1 aliphatic heterocycles. The topological polar surface area (TPSA) is 88.3 Å². The summed E-state index contributed by atoms with van der Waals surface area (Å²) in [5.74, 6) is 0.452. The number of imidazole rings is 1. The molecule has 130 valence electrons. The minimum Gasteiger partial charge on any atom is -0.330 e. The SMILES string of the molecule is CCn1cc(C(=O)N2CCCC[C@@H]2c2cc(=O)n3ccnc3[nH]2)cn1. The van der Waals surface area contributed by atoms with Crippen molar-refractivity contribution in [2.45, 2.75) is 38.8 Å². The van der Waals surface area contributed by atoms with Crippen molar-refractivity contribution in [3.8, 4) is 0 Å². The van der Waals surface area contributed by atoms with E-state index in [-0.39, 0.29) is 17.5 Å². The minimum atomic E-state index is -0.152. The molecule has 8 nitrogen and oxygen atoms in total. The van der Waals surface area contributed by atoms with Crippen LogP contribution in [0, 0.1) is 0 Å². The number of piperidine rings is 1. The molecule has 0 spiro atoms. The average Bonchev–Trinajstić information content (AvgIpc) is 3.30. The van der Waals surface area contributed by atoms with Gasteiger partial charge >= 0.3 is 0 Å². The van der Waals surface area contributed by atoms with Gasteiger partial charge in [0.1, 0.15) is 0 Å². The molecular formula is C17H20N6O2. The van der Waals surface area contributed by atoms with Crippen molar-refractivity contribution in [2.24, 2.45) is 0 Å². The van der Waals surface area contributed by atoms with Crippen LogP contribution in [0.25, 0.3) is 5.78 Å². The third-order valence-corrected chi connectivity index (χ3v) is 4.74. The van der Waals surface area contributed by atoms with Gasteiger partial charge in [-0.1, -0.05) is 0 Å². The van der Waals surface area contributed by atoms with Crippen LogP contribution in [0.15, 0.2) is 35.6 Å². The number of carbonyl (C=O) groups excluding carboxylic acids is 1. The van der Waals surface area contributed by atoms with Gasteiger partial charge in [-0.3, -0.25) is 18.7 Å². The first kappa shape index (κ1) is 15.6. The van der Waals surface area contributed by atoms with E-state index >= 15 is 0 Å². The molecule has 1 aliphatic rings. The highest BCUT2D eigenvalue weighted by atomic mass is 16.2. The highest BCUT2D eigenvalue weighted by Crippen LogP contribution is 2.30. The number of H-pyrrole nitrogens is 1. The summed E-state index contributed by atoms with van der Waals surface area (Å²) < 4.78 is 3.20. The number of fused-ring (bicyclic) bond motifs is 1. The Morgan fingerprint density at radius 3 is 3.08 bits per heavy atom. The van der Waals surface area contributed by atoms with Gasteiger partial charge < -0.3 is 9.88 Å². The Morgan fingerprint density at radius 1 is 1.40 bits per heavy atom. The van der Waals surface area contributed by atoms with Crippen LogP contribution in [0.5, 0.6) is 0 Å². The van der Waals surface area contributed by atoms with Gasteiger partial charge in [-0.25, -0.2) is 4.98 Å². The Labute approximate surface area is 144 Å². The van der Waals surface area contributed by atoms with Gasteiger partial charge in [-0.2, -0.15) is 5.10 Å². The van der Waals surface area contributed by atoms with Crippen molar-refractivity contribution in [3.63, 3.8) is 0 Å². The van der Waals surface area contributed by atoms with Crippen LogP contribution < -0.4 is 5.56 Å². The number of rotatable bonds is 3. The van der Waals surface area contributed by atoms with E-state index in [4.69, 9.17) is 0 Å². The summed E-state index contributed by atoms with van der Waals surface area (Å²) in [5.41, 5.74) is 1.18. The van der Waals surface area contributed by atoms with Gasteiger partial charge in [0.2, 0.25) is 5.78 Å². The van der Waals surface area contributed by atoms with Crippen molar-refractivity contribution >= 4 is 11.7 Å². The van der Waals surface area contributed by atoms with E-state index in [1.54, 1.807) is 35.5 Å². The molecule has 1 saturated heterocycles. The van der Waals surface area contributed by atoms with Crippen LogP contribution in [-0.4, -0.2) is 41.5 Å². The summed E-state index contributed by atoms with van der Waals surface area (Å²) in [4.78, 5) is 34.5. The molecule has 0 aromatic carbocycles. The molecule has 1 amide bonds. The van der Waals surface area contributed by atoms with Gasteiger partial charge in [0.25, 0.3) is 11.5 Å². The van der Waals surface area contributed by atoms with Crippen molar-refractivity contribution in [3.05, 3.63) is 52.5 Å².